The fourth-order valence-electron chi connectivity index (χ4n) is 3.89. The van der Waals surface area contributed by atoms with Gasteiger partial charge in [-0.25, -0.2) is 0 Å². The second-order valence-electron chi connectivity index (χ2n) is 8.90. The number of hydrogen-bond acceptors (Lipinski definition) is 5. The molecule has 3 atom stereocenters. The van der Waals surface area contributed by atoms with E-state index in [0.717, 1.165) is 17.5 Å². The number of esters is 1. The number of nitrogens with one attached hydrogen (secondary N) is 2. The summed E-state index contributed by atoms with van der Waals surface area (Å²) in [6.45, 7) is 7.15. The minimum absolute atomic E-state index is 0.0145. The number of aliphatic hydroxyl groups excluding tert-OH is 1. The van der Waals surface area contributed by atoms with Crippen LogP contribution >= 0.6 is 0 Å². The van der Waals surface area contributed by atoms with Gasteiger partial charge in [0.1, 0.15) is 6.61 Å². The number of benzene rings is 2. The van der Waals surface area contributed by atoms with E-state index in [9.17, 15) is 19.5 Å². The Morgan fingerprint density at radius 2 is 1.62 bits per heavy atom. The van der Waals surface area contributed by atoms with Gasteiger partial charge in [-0.15, -0.1) is 13.2 Å². The van der Waals surface area contributed by atoms with Gasteiger partial charge in [0.25, 0.3) is 0 Å². The average Bonchev–Trinajstić information content (AvgIpc) is 2.91. The normalized spacial score (nSPS) is 13.0. The Hall–Kier alpha value is -3.71. The fraction of sp³-hybridized carbons (Fsp3) is 0.367. The molecule has 0 aliphatic carbocycles. The minimum Gasteiger partial charge on any atom is -0.463 e. The van der Waals surface area contributed by atoms with Crippen LogP contribution < -0.4 is 10.6 Å². The van der Waals surface area contributed by atoms with Crippen molar-refractivity contribution in [2.45, 2.75) is 50.6 Å². The zero-order valence-corrected chi connectivity index (χ0v) is 21.3. The van der Waals surface area contributed by atoms with Crippen LogP contribution in [0.3, 0.4) is 0 Å². The topological polar surface area (TPSA) is 105 Å². The van der Waals surface area contributed by atoms with Gasteiger partial charge in [0.15, 0.2) is 0 Å². The highest BCUT2D eigenvalue weighted by molar-refractivity contribution is 5.86. The third-order valence-electron chi connectivity index (χ3n) is 5.88. The molecular weight excluding hydrogens is 468 g/mol. The number of carbonyl (C=O) groups excluding carboxylic acids is 3. The van der Waals surface area contributed by atoms with Crippen molar-refractivity contribution in [1.82, 2.24) is 10.6 Å². The summed E-state index contributed by atoms with van der Waals surface area (Å²) in [6, 6.07) is 17.8. The molecule has 198 valence electrons. The molecule has 0 saturated heterocycles. The Morgan fingerprint density at radius 1 is 0.946 bits per heavy atom. The van der Waals surface area contributed by atoms with Crippen LogP contribution in [0, 0.1) is 5.92 Å². The van der Waals surface area contributed by atoms with Gasteiger partial charge in [0.2, 0.25) is 11.8 Å². The summed E-state index contributed by atoms with van der Waals surface area (Å²) in [5, 5.41) is 15.5. The number of rotatable bonds is 17. The number of carbonyl (C=O) groups is 3. The molecule has 7 nitrogen and oxygen atoms in total. The van der Waals surface area contributed by atoms with Crippen molar-refractivity contribution in [3.05, 3.63) is 97.1 Å². The second kappa shape index (κ2) is 16.9. The molecule has 2 aromatic rings. The third kappa shape index (κ3) is 11.3. The highest BCUT2D eigenvalue weighted by atomic mass is 16.5. The zero-order valence-electron chi connectivity index (χ0n) is 21.3. The molecule has 0 spiro atoms. The summed E-state index contributed by atoms with van der Waals surface area (Å²) in [5.74, 6) is -1.67. The lowest BCUT2D eigenvalue weighted by molar-refractivity contribution is -0.145. The van der Waals surface area contributed by atoms with Crippen molar-refractivity contribution in [2.24, 2.45) is 5.92 Å². The predicted octanol–water partition coefficient (Wildman–Crippen LogP) is 4.05. The number of allylic oxidation sites excluding steroid dienone is 2. The maximum Gasteiger partial charge on any atom is 0.305 e. The van der Waals surface area contributed by atoms with E-state index in [1.165, 1.54) is 0 Å². The molecule has 2 amide bonds. The molecule has 7 heteroatoms. The number of ether oxygens (including phenoxy) is 1. The van der Waals surface area contributed by atoms with Crippen molar-refractivity contribution >= 4 is 17.8 Å². The third-order valence-corrected chi connectivity index (χ3v) is 5.88. The summed E-state index contributed by atoms with van der Waals surface area (Å²) < 4.78 is 5.44. The van der Waals surface area contributed by atoms with Crippen LogP contribution in [0.25, 0.3) is 0 Å². The molecule has 2 aromatic carbocycles. The summed E-state index contributed by atoms with van der Waals surface area (Å²) in [4.78, 5) is 38.1. The van der Waals surface area contributed by atoms with Gasteiger partial charge in [0, 0.05) is 12.8 Å². The summed E-state index contributed by atoms with van der Waals surface area (Å²) in [5.41, 5.74) is 1.78. The van der Waals surface area contributed by atoms with Gasteiger partial charge < -0.3 is 20.5 Å². The van der Waals surface area contributed by atoms with E-state index in [1.54, 1.807) is 12.2 Å². The molecule has 37 heavy (non-hydrogen) atoms. The van der Waals surface area contributed by atoms with E-state index in [1.807, 2.05) is 60.7 Å². The lowest BCUT2D eigenvalue weighted by Gasteiger charge is -2.23. The standard InChI is InChI=1S/C30H38N2O5/c1-3-5-8-18-29(35)37-22-27(24-16-11-7-12-17-24)32-30(36)25(13-4-2)20-28(34)31-26(21-33)19-23-14-9-6-10-15-23/h3-4,6-7,9-12,14-17,25-27,33H,1-2,5,8,13,18-22H2,(H,31,34)(H,32,36)/t25-,26+,27+/m1/s1. The zero-order chi connectivity index (χ0) is 26.9. The van der Waals surface area contributed by atoms with Crippen molar-refractivity contribution in [2.75, 3.05) is 13.2 Å². The molecule has 2 rings (SSSR count). The van der Waals surface area contributed by atoms with E-state index in [0.29, 0.717) is 19.3 Å². The molecular formula is C30H38N2O5. The summed E-state index contributed by atoms with van der Waals surface area (Å²) >= 11 is 0. The van der Waals surface area contributed by atoms with Crippen LogP contribution in [-0.4, -0.2) is 42.1 Å². The number of amides is 2. The number of hydrogen-bond donors (Lipinski definition) is 3. The quantitative estimate of drug-likeness (QED) is 0.171. The fourth-order valence-corrected chi connectivity index (χ4v) is 3.89. The van der Waals surface area contributed by atoms with E-state index < -0.39 is 18.0 Å². The van der Waals surface area contributed by atoms with E-state index in [2.05, 4.69) is 23.8 Å². The van der Waals surface area contributed by atoms with Crippen molar-refractivity contribution in [3.8, 4) is 0 Å². The van der Waals surface area contributed by atoms with Crippen molar-refractivity contribution < 1.29 is 24.2 Å². The molecule has 0 radical (unpaired) electrons. The maximum atomic E-state index is 13.2. The molecule has 0 bridgehead atoms. The number of aliphatic hydroxyl groups is 1. The SMILES string of the molecule is C=CCCCC(=O)OC[C@H](NC(=O)[C@H](CC=C)CC(=O)N[C@H](CO)Cc1ccccc1)c1ccccc1. The number of unbranched alkanes of at least 4 members (excludes halogenated alkanes) is 1. The van der Waals surface area contributed by atoms with Gasteiger partial charge in [-0.3, -0.25) is 14.4 Å². The largest absolute Gasteiger partial charge is 0.463 e. The van der Waals surface area contributed by atoms with Crippen LogP contribution in [-0.2, 0) is 25.5 Å². The Bertz CT molecular complexity index is 994. The lowest BCUT2D eigenvalue weighted by Crippen LogP contribution is -2.42. The van der Waals surface area contributed by atoms with Crippen LogP contribution in [0.5, 0.6) is 0 Å². The van der Waals surface area contributed by atoms with Gasteiger partial charge in [0.05, 0.1) is 24.6 Å². The van der Waals surface area contributed by atoms with Gasteiger partial charge in [-0.2, -0.15) is 0 Å². The highest BCUT2D eigenvalue weighted by Crippen LogP contribution is 2.18. The molecule has 0 aliphatic heterocycles. The minimum atomic E-state index is -0.664. The Balaban J connectivity index is 2.01. The molecule has 0 aromatic heterocycles. The van der Waals surface area contributed by atoms with Crippen molar-refractivity contribution in [3.63, 3.8) is 0 Å². The Morgan fingerprint density at radius 3 is 2.24 bits per heavy atom. The molecule has 0 saturated carbocycles. The monoisotopic (exact) mass is 506 g/mol. The lowest BCUT2D eigenvalue weighted by atomic mass is 9.98. The summed E-state index contributed by atoms with van der Waals surface area (Å²) in [7, 11) is 0. The van der Waals surface area contributed by atoms with Crippen LogP contribution in [0.2, 0.25) is 0 Å². The van der Waals surface area contributed by atoms with Gasteiger partial charge >= 0.3 is 5.97 Å². The maximum absolute atomic E-state index is 13.2. The van der Waals surface area contributed by atoms with Gasteiger partial charge in [-0.1, -0.05) is 72.8 Å². The highest BCUT2D eigenvalue weighted by Gasteiger charge is 2.25. The van der Waals surface area contributed by atoms with Gasteiger partial charge in [-0.05, 0) is 36.8 Å². The first-order chi connectivity index (χ1) is 18.0. The van der Waals surface area contributed by atoms with Crippen molar-refractivity contribution in [1.29, 1.82) is 0 Å². The summed E-state index contributed by atoms with van der Waals surface area (Å²) in [6.07, 6.45) is 5.72. The second-order valence-corrected chi connectivity index (χ2v) is 8.90. The molecule has 0 aliphatic rings. The molecule has 0 fully saturated rings. The first-order valence-corrected chi connectivity index (χ1v) is 12.6. The smallest absolute Gasteiger partial charge is 0.305 e. The van der Waals surface area contributed by atoms with E-state index in [-0.39, 0.29) is 43.8 Å². The van der Waals surface area contributed by atoms with E-state index >= 15 is 0 Å². The van der Waals surface area contributed by atoms with E-state index in [4.69, 9.17) is 4.74 Å². The molecule has 3 N–H and O–H groups in total. The first-order valence-electron chi connectivity index (χ1n) is 12.6. The Labute approximate surface area is 219 Å². The van der Waals surface area contributed by atoms with Crippen LogP contribution in [0.4, 0.5) is 0 Å². The average molecular weight is 507 g/mol. The predicted molar refractivity (Wildman–Crippen MR) is 144 cm³/mol. The molecule has 0 unspecified atom stereocenters. The van der Waals surface area contributed by atoms with Crippen LogP contribution in [0.15, 0.2) is 86.0 Å². The Kier molecular flexibility index (Phi) is 13.5. The molecule has 0 heterocycles. The first kappa shape index (κ1) is 29.5. The van der Waals surface area contributed by atoms with Crippen LogP contribution in [0.1, 0.15) is 49.3 Å².